The highest BCUT2D eigenvalue weighted by atomic mass is 28.4. The average Bonchev–Trinajstić information content (AvgIpc) is 2.17. The fourth-order valence-electron chi connectivity index (χ4n) is 0.838. The molecule has 0 spiro atoms. The topological polar surface area (TPSA) is 36.9 Å². The van der Waals surface area contributed by atoms with Crippen LogP contribution in [-0.2, 0) is 17.7 Å². The molecule has 0 radical (unpaired) electrons. The van der Waals surface area contributed by atoms with Crippen molar-refractivity contribution in [2.45, 2.75) is 33.3 Å². The van der Waals surface area contributed by atoms with Crippen LogP contribution in [0.4, 0.5) is 0 Å². The fraction of sp³-hybridized carbons (Fsp3) is 1.00. The zero-order valence-electron chi connectivity index (χ0n) is 9.12. The third kappa shape index (κ3) is 4.19. The van der Waals surface area contributed by atoms with E-state index in [0.717, 1.165) is 6.42 Å². The Morgan fingerprint density at radius 3 is 2.00 bits per heavy atom. The molecule has 4 nitrogen and oxygen atoms in total. The Hall–Kier alpha value is 0.0569. The molecule has 80 valence electrons. The molecule has 0 aliphatic rings. The minimum atomic E-state index is -2.83. The number of hydrogen-bond acceptors (Lipinski definition) is 4. The van der Waals surface area contributed by atoms with Crippen LogP contribution < -0.4 is 0 Å². The van der Waals surface area contributed by atoms with Gasteiger partial charge in [-0.25, -0.2) is 0 Å². The first kappa shape index (κ1) is 13.1. The van der Waals surface area contributed by atoms with Crippen molar-refractivity contribution in [1.82, 2.24) is 0 Å². The Kier molecular flexibility index (Phi) is 6.53. The first-order valence-corrected chi connectivity index (χ1v) is 6.19. The van der Waals surface area contributed by atoms with Gasteiger partial charge in [0, 0.05) is 26.9 Å². The molecule has 0 amide bonds. The summed E-state index contributed by atoms with van der Waals surface area (Å²) in [5.74, 6) is 0. The number of rotatable bonds is 7. The second-order valence-electron chi connectivity index (χ2n) is 2.68. The zero-order valence-corrected chi connectivity index (χ0v) is 10.1. The van der Waals surface area contributed by atoms with Crippen molar-refractivity contribution >= 4 is 9.05 Å². The summed E-state index contributed by atoms with van der Waals surface area (Å²) in [5.41, 5.74) is 0. The summed E-state index contributed by atoms with van der Waals surface area (Å²) in [6.45, 7) is 6.43. The van der Waals surface area contributed by atoms with Crippen molar-refractivity contribution < 1.29 is 17.7 Å². The molecule has 0 heterocycles. The third-order valence-electron chi connectivity index (χ3n) is 1.74. The minimum Gasteiger partial charge on any atom is -0.355 e. The Balaban J connectivity index is 4.19. The maximum Gasteiger partial charge on any atom is 0.679 e. The average molecular weight is 208 g/mol. The van der Waals surface area contributed by atoms with Gasteiger partial charge in [-0.05, 0) is 20.3 Å². The molecule has 0 aromatic rings. The second kappa shape index (κ2) is 6.50. The van der Waals surface area contributed by atoms with Crippen LogP contribution in [0.1, 0.15) is 27.2 Å². The highest BCUT2D eigenvalue weighted by molar-refractivity contribution is 6.53. The molecule has 0 bridgehead atoms. The molecule has 0 aromatic heterocycles. The Bertz CT molecular complexity index is 127. The van der Waals surface area contributed by atoms with E-state index < -0.39 is 9.05 Å². The second-order valence-corrected chi connectivity index (χ2v) is 5.02. The summed E-state index contributed by atoms with van der Waals surface area (Å²) in [4.78, 5) is 0. The molecule has 0 rings (SSSR count). The molecule has 0 fully saturated rings. The molecular weight excluding hydrogens is 188 g/mol. The number of hydrogen-bond donors (Lipinski definition) is 0. The van der Waals surface area contributed by atoms with Gasteiger partial charge in [0.05, 0.1) is 0 Å². The molecule has 0 aliphatic carbocycles. The van der Waals surface area contributed by atoms with Gasteiger partial charge in [-0.2, -0.15) is 0 Å². The van der Waals surface area contributed by atoms with Crippen molar-refractivity contribution in [2.24, 2.45) is 0 Å². The molecular formula is C8H20O4Si. The molecule has 1 atom stereocenters. The SMILES string of the molecule is CCO[Si](OC)(OC)OC(C)CC. The maximum absolute atomic E-state index is 5.60. The van der Waals surface area contributed by atoms with Crippen LogP contribution in [0.5, 0.6) is 0 Å². The summed E-state index contributed by atoms with van der Waals surface area (Å²) in [5, 5.41) is 0. The Labute approximate surface area is 81.6 Å². The van der Waals surface area contributed by atoms with Crippen LogP contribution >= 0.6 is 0 Å². The van der Waals surface area contributed by atoms with Crippen molar-refractivity contribution in [1.29, 1.82) is 0 Å². The van der Waals surface area contributed by atoms with E-state index in [1.807, 2.05) is 20.8 Å². The smallest absolute Gasteiger partial charge is 0.355 e. The molecule has 0 aromatic carbocycles. The van der Waals surface area contributed by atoms with E-state index in [2.05, 4.69) is 0 Å². The van der Waals surface area contributed by atoms with Crippen LogP contribution in [-0.4, -0.2) is 36.0 Å². The summed E-state index contributed by atoms with van der Waals surface area (Å²) in [7, 11) is 0.271. The summed E-state index contributed by atoms with van der Waals surface area (Å²) >= 11 is 0. The highest BCUT2D eigenvalue weighted by Crippen LogP contribution is 2.13. The van der Waals surface area contributed by atoms with Gasteiger partial charge in [-0.1, -0.05) is 6.92 Å². The predicted molar refractivity (Wildman–Crippen MR) is 52.2 cm³/mol. The fourth-order valence-corrected chi connectivity index (χ4v) is 2.51. The van der Waals surface area contributed by atoms with Crippen molar-refractivity contribution in [2.75, 3.05) is 20.8 Å². The Morgan fingerprint density at radius 1 is 1.15 bits per heavy atom. The van der Waals surface area contributed by atoms with Gasteiger partial charge in [0.15, 0.2) is 0 Å². The van der Waals surface area contributed by atoms with Gasteiger partial charge in [0.25, 0.3) is 0 Å². The first-order chi connectivity index (χ1) is 6.14. The summed E-state index contributed by atoms with van der Waals surface area (Å²) in [6.07, 6.45) is 1.01. The molecule has 1 unspecified atom stereocenters. The summed E-state index contributed by atoms with van der Waals surface area (Å²) < 4.78 is 21.3. The molecule has 5 heteroatoms. The molecule has 0 aliphatic heterocycles. The van der Waals surface area contributed by atoms with E-state index in [1.165, 1.54) is 0 Å². The predicted octanol–water partition coefficient (Wildman–Crippen LogP) is 1.57. The lowest BCUT2D eigenvalue weighted by Gasteiger charge is -2.27. The molecule has 0 saturated heterocycles. The van der Waals surface area contributed by atoms with Gasteiger partial charge in [0.1, 0.15) is 0 Å². The summed E-state index contributed by atoms with van der Waals surface area (Å²) in [6, 6.07) is 0. The lowest BCUT2D eigenvalue weighted by molar-refractivity contribution is -0.0282. The van der Waals surface area contributed by atoms with Crippen LogP contribution in [0.25, 0.3) is 0 Å². The minimum absolute atomic E-state index is 0.0955. The largest absolute Gasteiger partial charge is 0.679 e. The van der Waals surface area contributed by atoms with Crippen LogP contribution in [0.15, 0.2) is 0 Å². The van der Waals surface area contributed by atoms with E-state index in [9.17, 15) is 0 Å². The Morgan fingerprint density at radius 2 is 1.69 bits per heavy atom. The van der Waals surface area contributed by atoms with Gasteiger partial charge < -0.3 is 17.7 Å². The van der Waals surface area contributed by atoms with E-state index in [-0.39, 0.29) is 6.10 Å². The van der Waals surface area contributed by atoms with Crippen molar-refractivity contribution in [3.05, 3.63) is 0 Å². The molecule has 0 N–H and O–H groups in total. The van der Waals surface area contributed by atoms with Crippen LogP contribution in [0.3, 0.4) is 0 Å². The van der Waals surface area contributed by atoms with E-state index in [0.29, 0.717) is 6.61 Å². The molecule has 13 heavy (non-hydrogen) atoms. The lowest BCUT2D eigenvalue weighted by Crippen LogP contribution is -2.49. The lowest BCUT2D eigenvalue weighted by atomic mass is 10.3. The van der Waals surface area contributed by atoms with Crippen LogP contribution in [0.2, 0.25) is 0 Å². The monoisotopic (exact) mass is 208 g/mol. The van der Waals surface area contributed by atoms with Crippen molar-refractivity contribution in [3.63, 3.8) is 0 Å². The van der Waals surface area contributed by atoms with Crippen molar-refractivity contribution in [3.8, 4) is 0 Å². The third-order valence-corrected chi connectivity index (χ3v) is 4.07. The van der Waals surface area contributed by atoms with E-state index in [4.69, 9.17) is 17.7 Å². The van der Waals surface area contributed by atoms with E-state index in [1.54, 1.807) is 14.2 Å². The zero-order chi connectivity index (χ0) is 10.3. The van der Waals surface area contributed by atoms with E-state index >= 15 is 0 Å². The van der Waals surface area contributed by atoms with Gasteiger partial charge in [0.2, 0.25) is 0 Å². The quantitative estimate of drug-likeness (QED) is 0.595. The van der Waals surface area contributed by atoms with Gasteiger partial charge in [-0.3, -0.25) is 0 Å². The van der Waals surface area contributed by atoms with Crippen LogP contribution in [0, 0.1) is 0 Å². The normalized spacial score (nSPS) is 14.5. The van der Waals surface area contributed by atoms with Gasteiger partial charge >= 0.3 is 9.05 Å². The maximum atomic E-state index is 5.60. The first-order valence-electron chi connectivity index (χ1n) is 4.56. The standard InChI is InChI=1S/C8H20O4Si/c1-6-8(3)12-13(9-4,10-5)11-7-2/h8H,6-7H2,1-5H3. The van der Waals surface area contributed by atoms with Gasteiger partial charge in [-0.15, -0.1) is 0 Å². The molecule has 0 saturated carbocycles. The highest BCUT2D eigenvalue weighted by Gasteiger charge is 2.44.